The van der Waals surface area contributed by atoms with Gasteiger partial charge >= 0.3 is 6.03 Å². The molecule has 1 atom stereocenters. The lowest BCUT2D eigenvalue weighted by Crippen LogP contribution is -2.43. The maximum absolute atomic E-state index is 12.3. The first-order valence-electron chi connectivity index (χ1n) is 7.97. The van der Waals surface area contributed by atoms with Gasteiger partial charge in [0.25, 0.3) is 0 Å². The molecule has 0 spiro atoms. The van der Waals surface area contributed by atoms with E-state index in [1.807, 2.05) is 35.9 Å². The highest BCUT2D eigenvalue weighted by molar-refractivity contribution is 5.74. The molecule has 2 amide bonds. The zero-order valence-electron chi connectivity index (χ0n) is 13.9. The standard InChI is InChI=1S/C17H22N4O3/c1-13(10-21-6-5-18-12-21)19-17(22)20(2)11-14-3-4-15-16(9-14)24-8-7-23-15/h3-6,9,12-13H,7-8,10-11H2,1-2H3,(H,19,22)/t13-/m0/s1. The Bertz CT molecular complexity index is 687. The second kappa shape index (κ2) is 7.25. The number of carbonyl (C=O) groups excluding carboxylic acids is 1. The third kappa shape index (κ3) is 3.98. The van der Waals surface area contributed by atoms with Gasteiger partial charge in [-0.1, -0.05) is 6.07 Å². The Labute approximate surface area is 141 Å². The van der Waals surface area contributed by atoms with Crippen LogP contribution in [0.3, 0.4) is 0 Å². The molecule has 7 nitrogen and oxygen atoms in total. The van der Waals surface area contributed by atoms with Crippen LogP contribution in [-0.4, -0.2) is 46.8 Å². The van der Waals surface area contributed by atoms with Gasteiger partial charge in [0.05, 0.1) is 6.33 Å². The average Bonchev–Trinajstić information content (AvgIpc) is 3.07. The first kappa shape index (κ1) is 16.2. The maximum Gasteiger partial charge on any atom is 0.317 e. The summed E-state index contributed by atoms with van der Waals surface area (Å²) in [7, 11) is 1.77. The fourth-order valence-corrected chi connectivity index (χ4v) is 2.61. The molecule has 2 aromatic rings. The molecule has 1 aliphatic heterocycles. The summed E-state index contributed by atoms with van der Waals surface area (Å²) in [5.74, 6) is 1.49. The van der Waals surface area contributed by atoms with Gasteiger partial charge in [-0.25, -0.2) is 9.78 Å². The van der Waals surface area contributed by atoms with Gasteiger partial charge in [-0.3, -0.25) is 0 Å². The summed E-state index contributed by atoms with van der Waals surface area (Å²) in [4.78, 5) is 18.0. The van der Waals surface area contributed by atoms with Gasteiger partial charge < -0.3 is 24.3 Å². The van der Waals surface area contributed by atoms with Crippen molar-refractivity contribution in [2.45, 2.75) is 26.1 Å². The van der Waals surface area contributed by atoms with E-state index in [4.69, 9.17) is 9.47 Å². The number of ether oxygens (including phenoxy) is 2. The second-order valence-corrected chi connectivity index (χ2v) is 5.94. The van der Waals surface area contributed by atoms with Gasteiger partial charge in [0.1, 0.15) is 13.2 Å². The van der Waals surface area contributed by atoms with Gasteiger partial charge in [-0.05, 0) is 24.6 Å². The van der Waals surface area contributed by atoms with Gasteiger partial charge in [-0.2, -0.15) is 0 Å². The molecule has 0 saturated carbocycles. The monoisotopic (exact) mass is 330 g/mol. The van der Waals surface area contributed by atoms with Crippen LogP contribution in [0.4, 0.5) is 4.79 Å². The van der Waals surface area contributed by atoms with E-state index in [9.17, 15) is 4.79 Å². The molecule has 0 bridgehead atoms. The summed E-state index contributed by atoms with van der Waals surface area (Å²) in [6.45, 7) is 4.28. The first-order valence-corrected chi connectivity index (χ1v) is 7.97. The quantitative estimate of drug-likeness (QED) is 0.909. The average molecular weight is 330 g/mol. The summed E-state index contributed by atoms with van der Waals surface area (Å²) in [6, 6.07) is 5.66. The minimum absolute atomic E-state index is 0.00872. The molecule has 0 aliphatic carbocycles. The van der Waals surface area contributed by atoms with Gasteiger partial charge in [0.15, 0.2) is 11.5 Å². The van der Waals surface area contributed by atoms with Crippen molar-refractivity contribution in [1.29, 1.82) is 0 Å². The number of urea groups is 1. The number of nitrogens with one attached hydrogen (secondary N) is 1. The molecule has 1 aromatic heterocycles. The SMILES string of the molecule is C[C@@H](Cn1ccnc1)NC(=O)N(C)Cc1ccc2c(c1)OCCO2. The smallest absolute Gasteiger partial charge is 0.317 e. The second-order valence-electron chi connectivity index (χ2n) is 5.94. The van der Waals surface area contributed by atoms with E-state index in [0.29, 0.717) is 26.3 Å². The predicted molar refractivity (Wildman–Crippen MR) is 89.1 cm³/mol. The number of aromatic nitrogens is 2. The topological polar surface area (TPSA) is 68.6 Å². The number of carbonyl (C=O) groups is 1. The molecule has 24 heavy (non-hydrogen) atoms. The summed E-state index contributed by atoms with van der Waals surface area (Å²) in [6.07, 6.45) is 5.34. The molecule has 1 N–H and O–H groups in total. The molecule has 3 rings (SSSR count). The van der Waals surface area contributed by atoms with Crippen molar-refractivity contribution in [2.24, 2.45) is 0 Å². The largest absolute Gasteiger partial charge is 0.486 e. The minimum Gasteiger partial charge on any atom is -0.486 e. The predicted octanol–water partition coefficient (Wildman–Crippen LogP) is 1.88. The Balaban J connectivity index is 1.54. The lowest BCUT2D eigenvalue weighted by Gasteiger charge is -2.23. The highest BCUT2D eigenvalue weighted by atomic mass is 16.6. The molecule has 0 unspecified atom stereocenters. The van der Waals surface area contributed by atoms with Crippen LogP contribution in [0, 0.1) is 0 Å². The van der Waals surface area contributed by atoms with Crippen molar-refractivity contribution in [3.8, 4) is 11.5 Å². The van der Waals surface area contributed by atoms with E-state index in [1.54, 1.807) is 24.5 Å². The van der Waals surface area contributed by atoms with Gasteiger partial charge in [0, 0.05) is 38.6 Å². The van der Waals surface area contributed by atoms with Crippen LogP contribution in [-0.2, 0) is 13.1 Å². The summed E-state index contributed by atoms with van der Waals surface area (Å²) >= 11 is 0. The van der Waals surface area contributed by atoms with Crippen LogP contribution in [0.25, 0.3) is 0 Å². The Morgan fingerprint density at radius 1 is 1.38 bits per heavy atom. The molecular formula is C17H22N4O3. The summed E-state index contributed by atoms with van der Waals surface area (Å²) in [5.41, 5.74) is 0.999. The first-order chi connectivity index (χ1) is 11.6. The van der Waals surface area contributed by atoms with Gasteiger partial charge in [0.2, 0.25) is 0 Å². The van der Waals surface area contributed by atoms with Crippen LogP contribution in [0.15, 0.2) is 36.9 Å². The molecular weight excluding hydrogens is 308 g/mol. The lowest BCUT2D eigenvalue weighted by atomic mass is 10.2. The Kier molecular flexibility index (Phi) is 4.88. The van der Waals surface area contributed by atoms with Crippen LogP contribution in [0.1, 0.15) is 12.5 Å². The third-order valence-corrected chi connectivity index (χ3v) is 3.79. The van der Waals surface area contributed by atoms with E-state index in [-0.39, 0.29) is 12.1 Å². The van der Waals surface area contributed by atoms with Crippen molar-refractivity contribution in [1.82, 2.24) is 19.8 Å². The molecule has 1 aromatic carbocycles. The van der Waals surface area contributed by atoms with E-state index in [0.717, 1.165) is 17.1 Å². The van der Waals surface area contributed by atoms with E-state index in [2.05, 4.69) is 10.3 Å². The Hall–Kier alpha value is -2.70. The normalized spacial score (nSPS) is 14.1. The molecule has 0 saturated heterocycles. The molecule has 2 heterocycles. The van der Waals surface area contributed by atoms with Crippen molar-refractivity contribution in [3.05, 3.63) is 42.5 Å². The van der Waals surface area contributed by atoms with E-state index < -0.39 is 0 Å². The summed E-state index contributed by atoms with van der Waals surface area (Å²) < 4.78 is 13.0. The number of amides is 2. The molecule has 1 aliphatic rings. The van der Waals surface area contributed by atoms with Crippen molar-refractivity contribution in [2.75, 3.05) is 20.3 Å². The highest BCUT2D eigenvalue weighted by Gasteiger charge is 2.15. The number of fused-ring (bicyclic) bond motifs is 1. The van der Waals surface area contributed by atoms with E-state index >= 15 is 0 Å². The fraction of sp³-hybridized carbons (Fsp3) is 0.412. The lowest BCUT2D eigenvalue weighted by molar-refractivity contribution is 0.171. The molecule has 7 heteroatoms. The zero-order chi connectivity index (χ0) is 16.9. The molecule has 0 radical (unpaired) electrons. The van der Waals surface area contributed by atoms with Crippen LogP contribution >= 0.6 is 0 Å². The third-order valence-electron chi connectivity index (χ3n) is 3.79. The van der Waals surface area contributed by atoms with Crippen molar-refractivity contribution in [3.63, 3.8) is 0 Å². The molecule has 0 fully saturated rings. The highest BCUT2D eigenvalue weighted by Crippen LogP contribution is 2.30. The van der Waals surface area contributed by atoms with Crippen LogP contribution in [0.5, 0.6) is 11.5 Å². The number of hydrogen-bond acceptors (Lipinski definition) is 4. The number of benzene rings is 1. The van der Waals surface area contributed by atoms with Gasteiger partial charge in [-0.15, -0.1) is 0 Å². The number of imidazole rings is 1. The van der Waals surface area contributed by atoms with Crippen LogP contribution in [0.2, 0.25) is 0 Å². The Morgan fingerprint density at radius 3 is 2.92 bits per heavy atom. The minimum atomic E-state index is -0.113. The summed E-state index contributed by atoms with van der Waals surface area (Å²) in [5, 5.41) is 2.98. The van der Waals surface area contributed by atoms with Crippen LogP contribution < -0.4 is 14.8 Å². The number of hydrogen-bond donors (Lipinski definition) is 1. The molecule has 128 valence electrons. The number of nitrogens with zero attached hydrogens (tertiary/aromatic N) is 3. The number of rotatable bonds is 5. The fourth-order valence-electron chi connectivity index (χ4n) is 2.61. The van der Waals surface area contributed by atoms with Crippen molar-refractivity contribution >= 4 is 6.03 Å². The maximum atomic E-state index is 12.3. The van der Waals surface area contributed by atoms with E-state index in [1.165, 1.54) is 0 Å². The zero-order valence-corrected chi connectivity index (χ0v) is 13.9. The van der Waals surface area contributed by atoms with Crippen molar-refractivity contribution < 1.29 is 14.3 Å². The Morgan fingerprint density at radius 2 is 2.17 bits per heavy atom.